The SMILES string of the molecule is NC(=NCc1ccccc1)N1C2CCC1CC(O)C2. The van der Waals surface area contributed by atoms with Gasteiger partial charge in [-0.15, -0.1) is 0 Å². The van der Waals surface area contributed by atoms with Crippen LogP contribution in [0.15, 0.2) is 35.3 Å². The van der Waals surface area contributed by atoms with E-state index in [1.165, 1.54) is 5.56 Å². The van der Waals surface area contributed by atoms with Gasteiger partial charge in [0, 0.05) is 12.1 Å². The number of fused-ring (bicyclic) bond motifs is 2. The van der Waals surface area contributed by atoms with Crippen molar-refractivity contribution in [3.8, 4) is 0 Å². The quantitative estimate of drug-likeness (QED) is 0.625. The van der Waals surface area contributed by atoms with Crippen LogP contribution in [0.2, 0.25) is 0 Å². The van der Waals surface area contributed by atoms with Gasteiger partial charge >= 0.3 is 0 Å². The molecule has 2 aliphatic heterocycles. The predicted molar refractivity (Wildman–Crippen MR) is 75.7 cm³/mol. The molecule has 2 saturated heterocycles. The van der Waals surface area contributed by atoms with Gasteiger partial charge in [-0.3, -0.25) is 0 Å². The summed E-state index contributed by atoms with van der Waals surface area (Å²) in [7, 11) is 0. The molecule has 2 heterocycles. The van der Waals surface area contributed by atoms with Gasteiger partial charge < -0.3 is 15.7 Å². The summed E-state index contributed by atoms with van der Waals surface area (Å²) in [4.78, 5) is 6.75. The maximum absolute atomic E-state index is 9.79. The first-order chi connectivity index (χ1) is 9.24. The Kier molecular flexibility index (Phi) is 3.42. The van der Waals surface area contributed by atoms with Crippen LogP contribution in [-0.2, 0) is 6.54 Å². The number of benzene rings is 1. The van der Waals surface area contributed by atoms with E-state index in [0.29, 0.717) is 24.6 Å². The highest BCUT2D eigenvalue weighted by atomic mass is 16.3. The van der Waals surface area contributed by atoms with Crippen molar-refractivity contribution >= 4 is 5.96 Å². The molecule has 2 atom stereocenters. The molecule has 3 rings (SSSR count). The first-order valence-corrected chi connectivity index (χ1v) is 7.04. The Morgan fingerprint density at radius 2 is 1.84 bits per heavy atom. The molecular formula is C15H21N3O. The van der Waals surface area contributed by atoms with Crippen molar-refractivity contribution in [2.24, 2.45) is 10.7 Å². The highest BCUT2D eigenvalue weighted by Crippen LogP contribution is 2.35. The molecule has 19 heavy (non-hydrogen) atoms. The van der Waals surface area contributed by atoms with Crippen LogP contribution >= 0.6 is 0 Å². The molecule has 0 amide bonds. The van der Waals surface area contributed by atoms with E-state index >= 15 is 0 Å². The molecular weight excluding hydrogens is 238 g/mol. The maximum Gasteiger partial charge on any atom is 0.192 e. The van der Waals surface area contributed by atoms with Crippen molar-refractivity contribution in [3.63, 3.8) is 0 Å². The van der Waals surface area contributed by atoms with E-state index in [1.807, 2.05) is 18.2 Å². The van der Waals surface area contributed by atoms with Gasteiger partial charge in [0.15, 0.2) is 5.96 Å². The number of rotatable bonds is 2. The second-order valence-electron chi connectivity index (χ2n) is 5.58. The monoisotopic (exact) mass is 259 g/mol. The molecule has 2 fully saturated rings. The molecule has 1 aromatic rings. The van der Waals surface area contributed by atoms with E-state index in [1.54, 1.807) is 0 Å². The average molecular weight is 259 g/mol. The number of guanidine groups is 1. The van der Waals surface area contributed by atoms with Gasteiger partial charge in [0.1, 0.15) is 0 Å². The Hall–Kier alpha value is -1.55. The average Bonchev–Trinajstić information content (AvgIpc) is 2.70. The fraction of sp³-hybridized carbons (Fsp3) is 0.533. The lowest BCUT2D eigenvalue weighted by Gasteiger charge is -2.37. The van der Waals surface area contributed by atoms with E-state index in [0.717, 1.165) is 25.7 Å². The van der Waals surface area contributed by atoms with Gasteiger partial charge in [-0.1, -0.05) is 30.3 Å². The zero-order chi connectivity index (χ0) is 13.2. The summed E-state index contributed by atoms with van der Waals surface area (Å²) in [6, 6.07) is 10.9. The molecule has 0 aromatic heterocycles. The number of hydrogen-bond donors (Lipinski definition) is 2. The van der Waals surface area contributed by atoms with Crippen molar-refractivity contribution in [1.82, 2.24) is 4.90 Å². The van der Waals surface area contributed by atoms with Crippen LogP contribution in [-0.4, -0.2) is 34.2 Å². The number of aliphatic hydroxyl groups is 1. The van der Waals surface area contributed by atoms with E-state index < -0.39 is 0 Å². The number of aliphatic hydroxyl groups excluding tert-OH is 1. The third kappa shape index (κ3) is 2.59. The van der Waals surface area contributed by atoms with Crippen LogP contribution in [0.1, 0.15) is 31.2 Å². The topological polar surface area (TPSA) is 61.8 Å². The Balaban J connectivity index is 1.69. The molecule has 2 unspecified atom stereocenters. The fourth-order valence-corrected chi connectivity index (χ4v) is 3.36. The van der Waals surface area contributed by atoms with Crippen LogP contribution in [0.5, 0.6) is 0 Å². The molecule has 0 aliphatic carbocycles. The first-order valence-electron chi connectivity index (χ1n) is 7.04. The minimum Gasteiger partial charge on any atom is -0.393 e. The van der Waals surface area contributed by atoms with E-state index in [2.05, 4.69) is 22.0 Å². The zero-order valence-corrected chi connectivity index (χ0v) is 11.1. The van der Waals surface area contributed by atoms with Gasteiger partial charge in [0.2, 0.25) is 0 Å². The highest BCUT2D eigenvalue weighted by Gasteiger charge is 2.41. The molecule has 2 aliphatic rings. The van der Waals surface area contributed by atoms with Crippen molar-refractivity contribution in [3.05, 3.63) is 35.9 Å². The van der Waals surface area contributed by atoms with Crippen molar-refractivity contribution in [2.75, 3.05) is 0 Å². The maximum atomic E-state index is 9.79. The molecule has 0 radical (unpaired) electrons. The number of hydrogen-bond acceptors (Lipinski definition) is 2. The minimum absolute atomic E-state index is 0.157. The summed E-state index contributed by atoms with van der Waals surface area (Å²) in [6.45, 7) is 0.630. The number of nitrogens with zero attached hydrogens (tertiary/aromatic N) is 2. The van der Waals surface area contributed by atoms with Crippen molar-refractivity contribution in [1.29, 1.82) is 0 Å². The summed E-state index contributed by atoms with van der Waals surface area (Å²) in [5, 5.41) is 9.79. The van der Waals surface area contributed by atoms with Gasteiger partial charge in [-0.25, -0.2) is 4.99 Å². The molecule has 0 spiro atoms. The Bertz CT molecular complexity index is 446. The summed E-state index contributed by atoms with van der Waals surface area (Å²) >= 11 is 0. The zero-order valence-electron chi connectivity index (χ0n) is 11.1. The Morgan fingerprint density at radius 3 is 2.47 bits per heavy atom. The molecule has 2 bridgehead atoms. The van der Waals surface area contributed by atoms with E-state index in [-0.39, 0.29) is 6.10 Å². The normalized spacial score (nSPS) is 30.7. The lowest BCUT2D eigenvalue weighted by molar-refractivity contribution is 0.0704. The van der Waals surface area contributed by atoms with Gasteiger partial charge in [0.25, 0.3) is 0 Å². The first kappa shape index (κ1) is 12.5. The molecule has 0 saturated carbocycles. The van der Waals surface area contributed by atoms with Crippen molar-refractivity contribution in [2.45, 2.75) is 50.4 Å². The van der Waals surface area contributed by atoms with Gasteiger partial charge in [-0.05, 0) is 31.2 Å². The van der Waals surface area contributed by atoms with Crippen molar-refractivity contribution < 1.29 is 5.11 Å². The predicted octanol–water partition coefficient (Wildman–Crippen LogP) is 1.49. The molecule has 3 N–H and O–H groups in total. The Labute approximate surface area is 113 Å². The standard InChI is InChI=1S/C15H21N3O/c16-15(17-10-11-4-2-1-3-5-11)18-12-6-7-13(18)9-14(19)8-12/h1-5,12-14,19H,6-10H2,(H2,16,17). The van der Waals surface area contributed by atoms with E-state index in [9.17, 15) is 5.11 Å². The van der Waals surface area contributed by atoms with Crippen LogP contribution in [0, 0.1) is 0 Å². The van der Waals surface area contributed by atoms with Gasteiger partial charge in [-0.2, -0.15) is 0 Å². The van der Waals surface area contributed by atoms with Crippen LogP contribution in [0.4, 0.5) is 0 Å². The molecule has 4 nitrogen and oxygen atoms in total. The summed E-state index contributed by atoms with van der Waals surface area (Å²) in [5.74, 6) is 0.642. The third-order valence-electron chi connectivity index (χ3n) is 4.24. The number of aliphatic imine (C=N–C) groups is 1. The Morgan fingerprint density at radius 1 is 1.21 bits per heavy atom. The molecule has 1 aromatic carbocycles. The summed E-state index contributed by atoms with van der Waals surface area (Å²) in [5.41, 5.74) is 7.33. The molecule has 4 heteroatoms. The highest BCUT2D eigenvalue weighted by molar-refractivity contribution is 5.79. The van der Waals surface area contributed by atoms with Crippen LogP contribution in [0.25, 0.3) is 0 Å². The second-order valence-corrected chi connectivity index (χ2v) is 5.58. The lowest BCUT2D eigenvalue weighted by Crippen LogP contribution is -2.51. The van der Waals surface area contributed by atoms with E-state index in [4.69, 9.17) is 5.73 Å². The number of nitrogens with two attached hydrogens (primary N) is 1. The van der Waals surface area contributed by atoms with Crippen LogP contribution < -0.4 is 5.73 Å². The smallest absolute Gasteiger partial charge is 0.192 e. The molecule has 102 valence electrons. The number of piperidine rings is 1. The lowest BCUT2D eigenvalue weighted by atomic mass is 10.0. The minimum atomic E-state index is -0.157. The summed E-state index contributed by atoms with van der Waals surface area (Å²) in [6.07, 6.45) is 3.76. The second kappa shape index (κ2) is 5.21. The largest absolute Gasteiger partial charge is 0.393 e. The summed E-state index contributed by atoms with van der Waals surface area (Å²) < 4.78 is 0. The van der Waals surface area contributed by atoms with Crippen LogP contribution in [0.3, 0.4) is 0 Å². The fourth-order valence-electron chi connectivity index (χ4n) is 3.36. The third-order valence-corrected chi connectivity index (χ3v) is 4.24. The van der Waals surface area contributed by atoms with Gasteiger partial charge in [0.05, 0.1) is 12.6 Å².